The van der Waals surface area contributed by atoms with Crippen LogP contribution in [0.3, 0.4) is 0 Å². The van der Waals surface area contributed by atoms with E-state index in [9.17, 15) is 4.79 Å². The number of benzene rings is 2. The lowest BCUT2D eigenvalue weighted by atomic mass is 10.1. The largest absolute Gasteiger partial charge is 0.497 e. The van der Waals surface area contributed by atoms with E-state index in [1.165, 1.54) is 19.8 Å². The molecule has 0 saturated heterocycles. The molecule has 0 fully saturated rings. The number of anilines is 1. The van der Waals surface area contributed by atoms with Gasteiger partial charge < -0.3 is 24.8 Å². The number of hydrogen-bond acceptors (Lipinski definition) is 5. The molecule has 0 atom stereocenters. The Kier molecular flexibility index (Phi) is 8.23. The third-order valence-electron chi connectivity index (χ3n) is 4.00. The van der Waals surface area contributed by atoms with Gasteiger partial charge in [0.05, 0.1) is 32.0 Å². The molecule has 27 heavy (non-hydrogen) atoms. The SMILES string of the molecule is COc1cccc(CCNCCC(=O)Nc2cc(OC)c(Cl)cc2OC)c1. The molecule has 1 amide bonds. The highest BCUT2D eigenvalue weighted by molar-refractivity contribution is 6.32. The number of methoxy groups -OCH3 is 3. The second kappa shape index (κ2) is 10.6. The van der Waals surface area contributed by atoms with E-state index in [2.05, 4.69) is 16.7 Å². The summed E-state index contributed by atoms with van der Waals surface area (Å²) in [6.45, 7) is 1.35. The van der Waals surface area contributed by atoms with Crippen molar-refractivity contribution >= 4 is 23.2 Å². The van der Waals surface area contributed by atoms with Crippen molar-refractivity contribution in [1.29, 1.82) is 0 Å². The minimum atomic E-state index is -0.119. The lowest BCUT2D eigenvalue weighted by Gasteiger charge is -2.13. The second-order valence-corrected chi connectivity index (χ2v) is 6.24. The molecular formula is C20H25ClN2O4. The van der Waals surface area contributed by atoms with Gasteiger partial charge >= 0.3 is 0 Å². The standard InChI is InChI=1S/C20H25ClN2O4/c1-25-15-6-4-5-14(11-15)7-9-22-10-8-20(24)23-17-13-18(26-2)16(21)12-19(17)27-3/h4-6,11-13,22H,7-10H2,1-3H3,(H,23,24). The fraction of sp³-hybridized carbons (Fsp3) is 0.350. The van der Waals surface area contributed by atoms with E-state index in [-0.39, 0.29) is 5.91 Å². The van der Waals surface area contributed by atoms with Crippen LogP contribution in [0.15, 0.2) is 36.4 Å². The molecule has 0 aliphatic heterocycles. The molecule has 2 aromatic carbocycles. The zero-order chi connectivity index (χ0) is 19.6. The first kappa shape index (κ1) is 20.9. The highest BCUT2D eigenvalue weighted by atomic mass is 35.5. The van der Waals surface area contributed by atoms with Crippen molar-refractivity contribution in [2.45, 2.75) is 12.8 Å². The van der Waals surface area contributed by atoms with Gasteiger partial charge in [-0.2, -0.15) is 0 Å². The normalized spacial score (nSPS) is 10.4. The predicted octanol–water partition coefficient (Wildman–Crippen LogP) is 3.53. The molecule has 2 rings (SSSR count). The third-order valence-corrected chi connectivity index (χ3v) is 4.30. The number of rotatable bonds is 10. The average Bonchev–Trinajstić information content (AvgIpc) is 2.68. The number of carbonyl (C=O) groups excluding carboxylic acids is 1. The van der Waals surface area contributed by atoms with E-state index in [1.54, 1.807) is 19.2 Å². The van der Waals surface area contributed by atoms with Gasteiger partial charge in [-0.1, -0.05) is 23.7 Å². The molecule has 2 N–H and O–H groups in total. The van der Waals surface area contributed by atoms with E-state index in [0.29, 0.717) is 35.2 Å². The molecule has 7 heteroatoms. The smallest absolute Gasteiger partial charge is 0.225 e. The summed E-state index contributed by atoms with van der Waals surface area (Å²) in [6.07, 6.45) is 1.20. The summed E-state index contributed by atoms with van der Waals surface area (Å²) in [5, 5.41) is 6.52. The Hall–Kier alpha value is -2.44. The van der Waals surface area contributed by atoms with E-state index in [1.807, 2.05) is 18.2 Å². The van der Waals surface area contributed by atoms with Gasteiger partial charge in [0.25, 0.3) is 0 Å². The minimum absolute atomic E-state index is 0.119. The first-order chi connectivity index (χ1) is 13.1. The Morgan fingerprint density at radius 1 is 1.00 bits per heavy atom. The third kappa shape index (κ3) is 6.34. The molecular weight excluding hydrogens is 368 g/mol. The monoisotopic (exact) mass is 392 g/mol. The van der Waals surface area contributed by atoms with Crippen LogP contribution in [0.25, 0.3) is 0 Å². The maximum absolute atomic E-state index is 12.2. The number of hydrogen-bond donors (Lipinski definition) is 2. The van der Waals surface area contributed by atoms with Crippen LogP contribution in [0.2, 0.25) is 5.02 Å². The van der Waals surface area contributed by atoms with Crippen molar-refractivity contribution in [3.05, 3.63) is 47.0 Å². The Morgan fingerprint density at radius 3 is 2.48 bits per heavy atom. The Bertz CT molecular complexity index is 768. The van der Waals surface area contributed by atoms with Crippen LogP contribution >= 0.6 is 11.6 Å². The van der Waals surface area contributed by atoms with Crippen molar-refractivity contribution in [2.24, 2.45) is 0 Å². The van der Waals surface area contributed by atoms with Crippen LogP contribution < -0.4 is 24.8 Å². The van der Waals surface area contributed by atoms with E-state index in [0.717, 1.165) is 18.7 Å². The van der Waals surface area contributed by atoms with Crippen molar-refractivity contribution in [1.82, 2.24) is 5.32 Å². The molecule has 0 aliphatic carbocycles. The van der Waals surface area contributed by atoms with Gasteiger partial charge in [0, 0.05) is 25.1 Å². The fourth-order valence-electron chi connectivity index (χ4n) is 2.56. The minimum Gasteiger partial charge on any atom is -0.497 e. The Labute approximate surface area is 164 Å². The molecule has 6 nitrogen and oxygen atoms in total. The number of halogens is 1. The summed E-state index contributed by atoms with van der Waals surface area (Å²) >= 11 is 6.07. The molecule has 0 heterocycles. The van der Waals surface area contributed by atoms with Crippen LogP contribution in [0.1, 0.15) is 12.0 Å². The van der Waals surface area contributed by atoms with Crippen molar-refractivity contribution in [3.63, 3.8) is 0 Å². The molecule has 0 saturated carbocycles. The van der Waals surface area contributed by atoms with Gasteiger partial charge in [0.15, 0.2) is 0 Å². The second-order valence-electron chi connectivity index (χ2n) is 5.84. The summed E-state index contributed by atoms with van der Waals surface area (Å²) in [4.78, 5) is 12.2. The van der Waals surface area contributed by atoms with E-state index >= 15 is 0 Å². The molecule has 2 aromatic rings. The maximum atomic E-state index is 12.2. The molecule has 0 spiro atoms. The summed E-state index contributed by atoms with van der Waals surface area (Å²) in [5.41, 5.74) is 1.71. The first-order valence-electron chi connectivity index (χ1n) is 8.62. The molecule has 0 aromatic heterocycles. The molecule has 0 bridgehead atoms. The summed E-state index contributed by atoms with van der Waals surface area (Å²) in [6, 6.07) is 11.2. The lowest BCUT2D eigenvalue weighted by Crippen LogP contribution is -2.23. The van der Waals surface area contributed by atoms with Crippen LogP contribution in [0, 0.1) is 0 Å². The van der Waals surface area contributed by atoms with Crippen LogP contribution in [-0.4, -0.2) is 40.3 Å². The molecule has 146 valence electrons. The molecule has 0 aliphatic rings. The Balaban J connectivity index is 1.78. The van der Waals surface area contributed by atoms with Crippen molar-refractivity contribution in [2.75, 3.05) is 39.7 Å². The van der Waals surface area contributed by atoms with Gasteiger partial charge in [0.1, 0.15) is 17.2 Å². The predicted molar refractivity (Wildman–Crippen MR) is 107 cm³/mol. The summed E-state index contributed by atoms with van der Waals surface area (Å²) < 4.78 is 15.6. The van der Waals surface area contributed by atoms with Gasteiger partial charge in [-0.05, 0) is 30.7 Å². The highest BCUT2D eigenvalue weighted by Gasteiger charge is 2.12. The maximum Gasteiger partial charge on any atom is 0.225 e. The number of carbonyl (C=O) groups is 1. The highest BCUT2D eigenvalue weighted by Crippen LogP contribution is 2.35. The van der Waals surface area contributed by atoms with Gasteiger partial charge in [-0.3, -0.25) is 4.79 Å². The fourth-order valence-corrected chi connectivity index (χ4v) is 2.79. The summed E-state index contributed by atoms with van der Waals surface area (Å²) in [7, 11) is 4.70. The number of amides is 1. The summed E-state index contributed by atoms with van der Waals surface area (Å²) in [5.74, 6) is 1.69. The van der Waals surface area contributed by atoms with Crippen molar-refractivity contribution in [3.8, 4) is 17.2 Å². The topological polar surface area (TPSA) is 68.8 Å². The van der Waals surface area contributed by atoms with Crippen LogP contribution in [0.4, 0.5) is 5.69 Å². The van der Waals surface area contributed by atoms with Gasteiger partial charge in [-0.15, -0.1) is 0 Å². The quantitative estimate of drug-likeness (QED) is 0.605. The van der Waals surface area contributed by atoms with Gasteiger partial charge in [0.2, 0.25) is 5.91 Å². The van der Waals surface area contributed by atoms with Crippen LogP contribution in [-0.2, 0) is 11.2 Å². The van der Waals surface area contributed by atoms with E-state index < -0.39 is 0 Å². The van der Waals surface area contributed by atoms with Crippen molar-refractivity contribution < 1.29 is 19.0 Å². The van der Waals surface area contributed by atoms with Crippen LogP contribution in [0.5, 0.6) is 17.2 Å². The number of nitrogens with one attached hydrogen (secondary N) is 2. The molecule has 0 radical (unpaired) electrons. The average molecular weight is 393 g/mol. The van der Waals surface area contributed by atoms with E-state index in [4.69, 9.17) is 25.8 Å². The zero-order valence-electron chi connectivity index (χ0n) is 15.8. The van der Waals surface area contributed by atoms with Gasteiger partial charge in [-0.25, -0.2) is 0 Å². The first-order valence-corrected chi connectivity index (χ1v) is 9.00. The zero-order valence-corrected chi connectivity index (χ0v) is 16.6. The molecule has 0 unspecified atom stereocenters. The Morgan fingerprint density at radius 2 is 1.78 bits per heavy atom. The lowest BCUT2D eigenvalue weighted by molar-refractivity contribution is -0.116. The number of ether oxygens (including phenoxy) is 3.